The van der Waals surface area contributed by atoms with E-state index in [2.05, 4.69) is 0 Å². The largest absolute Gasteiger partial charge is 0.453 e. The van der Waals surface area contributed by atoms with E-state index in [0.717, 1.165) is 5.56 Å². The molecule has 1 aromatic carbocycles. The van der Waals surface area contributed by atoms with Crippen molar-refractivity contribution in [1.29, 1.82) is 0 Å². The number of fused-ring (bicyclic) bond motifs is 1. The molecule has 0 spiro atoms. The zero-order valence-corrected chi connectivity index (χ0v) is 8.71. The minimum atomic E-state index is 0.119. The molecule has 1 aromatic rings. The van der Waals surface area contributed by atoms with Gasteiger partial charge in [-0.15, -0.1) is 0 Å². The number of aldehydes is 1. The number of hydrogen-bond donors (Lipinski definition) is 1. The van der Waals surface area contributed by atoms with Crippen molar-refractivity contribution in [1.82, 2.24) is 0 Å². The summed E-state index contributed by atoms with van der Waals surface area (Å²) in [5, 5.41) is 0.373. The van der Waals surface area contributed by atoms with Crippen molar-refractivity contribution < 1.29 is 14.3 Å². The third-order valence-electron chi connectivity index (χ3n) is 2.24. The predicted octanol–water partition coefficient (Wildman–Crippen LogP) is 1.38. The monoisotopic (exact) mass is 227 g/mol. The van der Waals surface area contributed by atoms with Crippen molar-refractivity contribution in [3.63, 3.8) is 0 Å². The van der Waals surface area contributed by atoms with Gasteiger partial charge in [-0.1, -0.05) is 11.6 Å². The zero-order valence-electron chi connectivity index (χ0n) is 7.96. The maximum Gasteiger partial charge on any atom is 0.231 e. The second kappa shape index (κ2) is 4.08. The third-order valence-corrected chi connectivity index (χ3v) is 2.55. The van der Waals surface area contributed by atoms with Gasteiger partial charge in [0.2, 0.25) is 6.79 Å². The van der Waals surface area contributed by atoms with E-state index in [0.29, 0.717) is 41.3 Å². The highest BCUT2D eigenvalue weighted by atomic mass is 35.5. The standard InChI is InChI=1S/C10H10ClNO3/c11-8-3-6(1-2-12)9-10(7(8)4-13)15-5-14-9/h3-4H,1-2,5,12H2. The van der Waals surface area contributed by atoms with Gasteiger partial charge in [0.05, 0.1) is 10.6 Å². The summed E-state index contributed by atoms with van der Waals surface area (Å²) in [7, 11) is 0. The number of carbonyl (C=O) groups is 1. The Bertz CT molecular complexity index is 406. The normalized spacial score (nSPS) is 12.9. The molecule has 0 saturated heterocycles. The second-order valence-electron chi connectivity index (χ2n) is 3.15. The van der Waals surface area contributed by atoms with E-state index in [9.17, 15) is 4.79 Å². The van der Waals surface area contributed by atoms with E-state index in [1.165, 1.54) is 0 Å². The lowest BCUT2D eigenvalue weighted by atomic mass is 10.1. The molecule has 2 rings (SSSR count). The number of ether oxygens (including phenoxy) is 2. The topological polar surface area (TPSA) is 61.6 Å². The van der Waals surface area contributed by atoms with Crippen molar-refractivity contribution in [3.8, 4) is 11.5 Å². The molecular formula is C10H10ClNO3. The molecule has 80 valence electrons. The predicted molar refractivity (Wildman–Crippen MR) is 55.7 cm³/mol. The van der Waals surface area contributed by atoms with Crippen LogP contribution in [-0.4, -0.2) is 19.6 Å². The molecule has 1 aliphatic heterocycles. The Balaban J connectivity index is 2.57. The number of halogens is 1. The first-order valence-corrected chi connectivity index (χ1v) is 4.92. The number of hydrogen-bond acceptors (Lipinski definition) is 4. The van der Waals surface area contributed by atoms with Gasteiger partial charge in [-0.2, -0.15) is 0 Å². The number of carbonyl (C=O) groups excluding carboxylic acids is 1. The maximum atomic E-state index is 10.8. The van der Waals surface area contributed by atoms with Gasteiger partial charge in [-0.3, -0.25) is 4.79 Å². The molecule has 15 heavy (non-hydrogen) atoms. The molecule has 5 heteroatoms. The second-order valence-corrected chi connectivity index (χ2v) is 3.56. The summed E-state index contributed by atoms with van der Waals surface area (Å²) in [6.07, 6.45) is 1.31. The van der Waals surface area contributed by atoms with E-state index in [-0.39, 0.29) is 6.79 Å². The van der Waals surface area contributed by atoms with Crippen LogP contribution in [-0.2, 0) is 6.42 Å². The van der Waals surface area contributed by atoms with Gasteiger partial charge in [0.25, 0.3) is 0 Å². The van der Waals surface area contributed by atoms with E-state index in [1.807, 2.05) is 0 Å². The highest BCUT2D eigenvalue weighted by Gasteiger charge is 2.23. The van der Waals surface area contributed by atoms with E-state index in [4.69, 9.17) is 26.8 Å². The van der Waals surface area contributed by atoms with Crippen LogP contribution in [0.4, 0.5) is 0 Å². The highest BCUT2D eigenvalue weighted by Crippen LogP contribution is 2.41. The van der Waals surface area contributed by atoms with Gasteiger partial charge in [0.1, 0.15) is 0 Å². The van der Waals surface area contributed by atoms with Crippen LogP contribution in [0.2, 0.25) is 5.02 Å². The van der Waals surface area contributed by atoms with Crippen molar-refractivity contribution >= 4 is 17.9 Å². The first-order valence-electron chi connectivity index (χ1n) is 4.54. The lowest BCUT2D eigenvalue weighted by Crippen LogP contribution is -2.04. The lowest BCUT2D eigenvalue weighted by molar-refractivity contribution is 0.111. The molecule has 4 nitrogen and oxygen atoms in total. The molecule has 0 fully saturated rings. The summed E-state index contributed by atoms with van der Waals surface area (Å²) in [6, 6.07) is 1.70. The molecule has 0 amide bonds. The summed E-state index contributed by atoms with van der Waals surface area (Å²) in [5.41, 5.74) is 6.68. The third kappa shape index (κ3) is 1.66. The van der Waals surface area contributed by atoms with Crippen LogP contribution in [0.5, 0.6) is 11.5 Å². The average Bonchev–Trinajstić information content (AvgIpc) is 2.67. The summed E-state index contributed by atoms with van der Waals surface area (Å²) in [6.45, 7) is 0.612. The average molecular weight is 228 g/mol. The van der Waals surface area contributed by atoms with Gasteiger partial charge in [0.15, 0.2) is 17.8 Å². The van der Waals surface area contributed by atoms with Crippen molar-refractivity contribution in [2.24, 2.45) is 5.73 Å². The van der Waals surface area contributed by atoms with Crippen molar-refractivity contribution in [2.45, 2.75) is 6.42 Å². The van der Waals surface area contributed by atoms with Crippen molar-refractivity contribution in [3.05, 3.63) is 22.2 Å². The van der Waals surface area contributed by atoms with Gasteiger partial charge >= 0.3 is 0 Å². The first-order chi connectivity index (χ1) is 7.27. The smallest absolute Gasteiger partial charge is 0.231 e. The Morgan fingerprint density at radius 2 is 2.20 bits per heavy atom. The fourth-order valence-corrected chi connectivity index (χ4v) is 1.83. The molecule has 0 bridgehead atoms. The van der Waals surface area contributed by atoms with Crippen LogP contribution in [0, 0.1) is 0 Å². The Hall–Kier alpha value is -1.26. The van der Waals surface area contributed by atoms with Gasteiger partial charge in [-0.25, -0.2) is 0 Å². The van der Waals surface area contributed by atoms with Crippen LogP contribution < -0.4 is 15.2 Å². The van der Waals surface area contributed by atoms with Crippen molar-refractivity contribution in [2.75, 3.05) is 13.3 Å². The summed E-state index contributed by atoms with van der Waals surface area (Å²) >= 11 is 5.94. The molecule has 1 aliphatic rings. The summed E-state index contributed by atoms with van der Waals surface area (Å²) < 4.78 is 10.5. The minimum Gasteiger partial charge on any atom is -0.453 e. The van der Waals surface area contributed by atoms with E-state index >= 15 is 0 Å². The fourth-order valence-electron chi connectivity index (χ4n) is 1.57. The van der Waals surface area contributed by atoms with Crippen LogP contribution in [0.15, 0.2) is 6.07 Å². The fraction of sp³-hybridized carbons (Fsp3) is 0.300. The Labute approximate surface area is 91.9 Å². The number of benzene rings is 1. The lowest BCUT2D eigenvalue weighted by Gasteiger charge is -2.07. The molecule has 0 aliphatic carbocycles. The number of rotatable bonds is 3. The zero-order chi connectivity index (χ0) is 10.8. The molecule has 2 N–H and O–H groups in total. The van der Waals surface area contributed by atoms with E-state index in [1.54, 1.807) is 6.07 Å². The van der Waals surface area contributed by atoms with Crippen LogP contribution in [0.25, 0.3) is 0 Å². The first kappa shape index (κ1) is 10.3. The summed E-state index contributed by atoms with van der Waals surface area (Å²) in [5.74, 6) is 1.02. The molecule has 0 atom stereocenters. The SMILES string of the molecule is NCCc1cc(Cl)c(C=O)c2c1OCO2. The Kier molecular flexibility index (Phi) is 2.79. The Morgan fingerprint density at radius 1 is 1.47 bits per heavy atom. The molecular weight excluding hydrogens is 218 g/mol. The highest BCUT2D eigenvalue weighted by molar-refractivity contribution is 6.33. The molecule has 0 unspecified atom stereocenters. The number of nitrogens with two attached hydrogens (primary N) is 1. The molecule has 1 heterocycles. The van der Waals surface area contributed by atoms with Crippen LogP contribution in [0.1, 0.15) is 15.9 Å². The van der Waals surface area contributed by atoms with Gasteiger partial charge in [-0.05, 0) is 19.0 Å². The minimum absolute atomic E-state index is 0.119. The van der Waals surface area contributed by atoms with E-state index < -0.39 is 0 Å². The summed E-state index contributed by atoms with van der Waals surface area (Å²) in [4.78, 5) is 10.8. The van der Waals surface area contributed by atoms with Crippen LogP contribution in [0.3, 0.4) is 0 Å². The Morgan fingerprint density at radius 3 is 2.87 bits per heavy atom. The maximum absolute atomic E-state index is 10.8. The quantitative estimate of drug-likeness (QED) is 0.793. The van der Waals surface area contributed by atoms with Gasteiger partial charge < -0.3 is 15.2 Å². The molecule has 0 aromatic heterocycles. The van der Waals surface area contributed by atoms with Gasteiger partial charge in [0, 0.05) is 5.56 Å². The molecule has 0 radical (unpaired) electrons. The molecule has 0 saturated carbocycles. The van der Waals surface area contributed by atoms with Crippen LogP contribution >= 0.6 is 11.6 Å².